The van der Waals surface area contributed by atoms with Crippen LogP contribution in [0.4, 0.5) is 0 Å². The van der Waals surface area contributed by atoms with Gasteiger partial charge in [0.05, 0.1) is 12.6 Å². The summed E-state index contributed by atoms with van der Waals surface area (Å²) < 4.78 is 12.5. The quantitative estimate of drug-likeness (QED) is 0.179. The number of fused-ring (bicyclic) bond motifs is 2. The molecule has 0 fully saturated rings. The molecule has 1 aromatic heterocycles. The van der Waals surface area contributed by atoms with Crippen LogP contribution in [0.25, 0.3) is 11.1 Å². The van der Waals surface area contributed by atoms with E-state index in [1.54, 1.807) is 35.2 Å². The molecule has 5 aromatic rings. The van der Waals surface area contributed by atoms with E-state index in [1.807, 2.05) is 80.7 Å². The zero-order valence-corrected chi connectivity index (χ0v) is 28.9. The molecular weight excluding hydrogens is 642 g/mol. The highest BCUT2D eigenvalue weighted by molar-refractivity contribution is 5.99. The van der Waals surface area contributed by atoms with Crippen LogP contribution in [-0.2, 0) is 24.2 Å². The number of phenols is 1. The first-order valence-corrected chi connectivity index (χ1v) is 17.2. The Morgan fingerprint density at radius 3 is 2.43 bits per heavy atom. The smallest absolute Gasteiger partial charge is 0.255 e. The summed E-state index contributed by atoms with van der Waals surface area (Å²) in [5, 5.41) is 23.2. The summed E-state index contributed by atoms with van der Waals surface area (Å²) in [6, 6.07) is 26.8. The number of amides is 2. The maximum atomic E-state index is 14.2. The lowest BCUT2D eigenvalue weighted by atomic mass is 9.91. The van der Waals surface area contributed by atoms with Crippen molar-refractivity contribution < 1.29 is 29.3 Å². The van der Waals surface area contributed by atoms with Gasteiger partial charge in [-0.15, -0.1) is 0 Å². The van der Waals surface area contributed by atoms with Gasteiger partial charge in [-0.1, -0.05) is 54.6 Å². The van der Waals surface area contributed by atoms with Gasteiger partial charge in [0.15, 0.2) is 17.6 Å². The molecule has 3 N–H and O–H groups in total. The number of phenolic OH excluding ortho intramolecular Hbond substituents is 1. The second-order valence-electron chi connectivity index (χ2n) is 13.4. The predicted octanol–water partition coefficient (Wildman–Crippen LogP) is 6.18. The summed E-state index contributed by atoms with van der Waals surface area (Å²) in [5.74, 6) is 0.741. The average Bonchev–Trinajstić information content (AvgIpc) is 3.14. The van der Waals surface area contributed by atoms with Gasteiger partial charge in [-0.2, -0.15) is 0 Å². The van der Waals surface area contributed by atoms with Gasteiger partial charge in [-0.05, 0) is 108 Å². The zero-order valence-electron chi connectivity index (χ0n) is 28.9. The van der Waals surface area contributed by atoms with E-state index < -0.39 is 12.1 Å². The number of nitrogens with one attached hydrogen (secondary N) is 1. The number of carbonyl (C=O) groups is 2. The number of hydrogen-bond acceptors (Lipinski definition) is 7. The fourth-order valence-corrected chi connectivity index (χ4v) is 6.94. The number of aromatic hydroxyl groups is 1. The van der Waals surface area contributed by atoms with Crippen molar-refractivity contribution in [3.63, 3.8) is 0 Å². The highest BCUT2D eigenvalue weighted by Crippen LogP contribution is 2.41. The highest BCUT2D eigenvalue weighted by atomic mass is 16.6. The van der Waals surface area contributed by atoms with Crippen molar-refractivity contribution in [2.75, 3.05) is 13.2 Å². The van der Waals surface area contributed by atoms with E-state index in [0.717, 1.165) is 50.2 Å². The van der Waals surface area contributed by atoms with E-state index in [9.17, 15) is 19.8 Å². The maximum absolute atomic E-state index is 14.2. The molecule has 3 heterocycles. The van der Waals surface area contributed by atoms with Crippen LogP contribution in [0.2, 0.25) is 0 Å². The molecule has 3 atom stereocenters. The lowest BCUT2D eigenvalue weighted by molar-refractivity contribution is -0.127. The topological polar surface area (TPSA) is 121 Å². The first-order chi connectivity index (χ1) is 24.7. The maximum Gasteiger partial charge on any atom is 0.255 e. The van der Waals surface area contributed by atoms with Gasteiger partial charge < -0.3 is 29.9 Å². The number of benzene rings is 4. The number of nitrogens with zero attached hydrogens (tertiary/aromatic N) is 2. The standard InChI is InChI=1S/C42H41N3O6/c1-25-6-4-5-7-35(25)42(49)45-22-32-21-39-38(50-24-40(51-39)30-12-14-34(47)15-13-30)20-31(32)19-37(45)41(48)44-33(23-46)18-28-8-10-29(11-9-28)36-16-17-43-27(3)26(36)2/h4-17,20-21,33,37,40,46-47H,18-19,22-24H2,1-3H3,(H,44,48)/t33-,37-,40+/m0/s1. The van der Waals surface area contributed by atoms with Crippen LogP contribution in [0.3, 0.4) is 0 Å². The first-order valence-electron chi connectivity index (χ1n) is 17.2. The average molecular weight is 684 g/mol. The first kappa shape index (κ1) is 33.8. The number of aromatic nitrogens is 1. The van der Waals surface area contributed by atoms with Crippen LogP contribution in [0.1, 0.15) is 55.5 Å². The third-order valence-corrected chi connectivity index (χ3v) is 10.0. The number of ether oxygens (including phenoxy) is 2. The van der Waals surface area contributed by atoms with Crippen molar-refractivity contribution in [1.29, 1.82) is 0 Å². The number of aryl methyl sites for hydroxylation is 2. The summed E-state index contributed by atoms with van der Waals surface area (Å²) in [6.45, 7) is 6.17. The number of aliphatic hydroxyl groups excluding tert-OH is 1. The van der Waals surface area contributed by atoms with Gasteiger partial charge in [0.1, 0.15) is 18.4 Å². The Morgan fingerprint density at radius 1 is 0.941 bits per heavy atom. The van der Waals surface area contributed by atoms with E-state index in [4.69, 9.17) is 9.47 Å². The molecule has 0 spiro atoms. The van der Waals surface area contributed by atoms with Gasteiger partial charge in [-0.25, -0.2) is 0 Å². The van der Waals surface area contributed by atoms with Gasteiger partial charge in [0, 0.05) is 30.4 Å². The molecule has 0 unspecified atom stereocenters. The van der Waals surface area contributed by atoms with E-state index in [1.165, 1.54) is 0 Å². The highest BCUT2D eigenvalue weighted by Gasteiger charge is 2.38. The van der Waals surface area contributed by atoms with E-state index in [2.05, 4.69) is 17.2 Å². The zero-order chi connectivity index (χ0) is 35.6. The molecule has 0 saturated carbocycles. The minimum absolute atomic E-state index is 0.174. The lowest BCUT2D eigenvalue weighted by Crippen LogP contribution is -2.55. The SMILES string of the molecule is Cc1ccccc1C(=O)N1Cc2cc3c(cc2C[C@H]1C(=O)N[C@H](CO)Cc1ccc(-c2ccnc(C)c2C)cc1)OC[C@H](c1ccc(O)cc1)O3. The van der Waals surface area contributed by atoms with Crippen LogP contribution in [0.15, 0.2) is 97.2 Å². The molecule has 9 nitrogen and oxygen atoms in total. The van der Waals surface area contributed by atoms with Crippen molar-refractivity contribution >= 4 is 11.8 Å². The monoisotopic (exact) mass is 683 g/mol. The number of pyridine rings is 1. The number of rotatable bonds is 8. The summed E-state index contributed by atoms with van der Waals surface area (Å²) in [5.41, 5.74) is 9.26. The Balaban J connectivity index is 1.12. The molecule has 0 aliphatic carbocycles. The summed E-state index contributed by atoms with van der Waals surface area (Å²) in [6.07, 6.45) is 2.14. The minimum Gasteiger partial charge on any atom is -0.508 e. The molecule has 0 radical (unpaired) electrons. The molecule has 2 aliphatic rings. The van der Waals surface area contributed by atoms with Crippen LogP contribution in [-0.4, -0.2) is 57.2 Å². The van der Waals surface area contributed by atoms with E-state index in [-0.39, 0.29) is 43.2 Å². The molecular formula is C42H41N3O6. The lowest BCUT2D eigenvalue weighted by Gasteiger charge is -2.38. The molecule has 51 heavy (non-hydrogen) atoms. The Kier molecular flexibility index (Phi) is 9.47. The fourth-order valence-electron chi connectivity index (χ4n) is 6.94. The molecule has 4 aromatic carbocycles. The Hall–Kier alpha value is -5.67. The van der Waals surface area contributed by atoms with E-state index >= 15 is 0 Å². The molecule has 9 heteroatoms. The number of hydrogen-bond donors (Lipinski definition) is 3. The van der Waals surface area contributed by atoms with Gasteiger partial charge in [0.25, 0.3) is 5.91 Å². The molecule has 7 rings (SSSR count). The van der Waals surface area contributed by atoms with Crippen molar-refractivity contribution in [2.45, 2.75) is 58.3 Å². The minimum atomic E-state index is -0.814. The van der Waals surface area contributed by atoms with Crippen LogP contribution >= 0.6 is 0 Å². The third kappa shape index (κ3) is 7.03. The Morgan fingerprint density at radius 2 is 1.69 bits per heavy atom. The van der Waals surface area contributed by atoms with Crippen molar-refractivity contribution in [3.05, 3.63) is 142 Å². The Labute approximate surface area is 297 Å². The van der Waals surface area contributed by atoms with Crippen molar-refractivity contribution in [3.8, 4) is 28.4 Å². The van der Waals surface area contributed by atoms with Gasteiger partial charge in [0.2, 0.25) is 5.91 Å². The number of carbonyl (C=O) groups excluding carboxylic acids is 2. The number of aliphatic hydroxyl groups is 1. The summed E-state index contributed by atoms with van der Waals surface area (Å²) >= 11 is 0. The fraction of sp³-hybridized carbons (Fsp3) is 0.262. The summed E-state index contributed by atoms with van der Waals surface area (Å²) in [7, 11) is 0. The third-order valence-electron chi connectivity index (χ3n) is 10.0. The normalized spacial score (nSPS) is 17.0. The van der Waals surface area contributed by atoms with Crippen molar-refractivity contribution in [1.82, 2.24) is 15.2 Å². The van der Waals surface area contributed by atoms with Crippen molar-refractivity contribution in [2.24, 2.45) is 0 Å². The largest absolute Gasteiger partial charge is 0.508 e. The second kappa shape index (κ2) is 14.3. The molecule has 0 saturated heterocycles. The molecule has 2 aliphatic heterocycles. The Bertz CT molecular complexity index is 2080. The van der Waals surface area contributed by atoms with Gasteiger partial charge >= 0.3 is 0 Å². The van der Waals surface area contributed by atoms with Crippen LogP contribution in [0.5, 0.6) is 17.2 Å². The van der Waals surface area contributed by atoms with Gasteiger partial charge in [-0.3, -0.25) is 14.6 Å². The van der Waals surface area contributed by atoms with E-state index in [0.29, 0.717) is 30.1 Å². The van der Waals surface area contributed by atoms with Crippen LogP contribution in [0, 0.1) is 20.8 Å². The van der Waals surface area contributed by atoms with Crippen LogP contribution < -0.4 is 14.8 Å². The molecule has 0 bridgehead atoms. The predicted molar refractivity (Wildman–Crippen MR) is 194 cm³/mol. The second-order valence-corrected chi connectivity index (χ2v) is 13.4. The summed E-state index contributed by atoms with van der Waals surface area (Å²) in [4.78, 5) is 34.3. The molecule has 2 amide bonds. The molecule has 260 valence electrons.